The molecule has 3 rings (SSSR count). The van der Waals surface area contributed by atoms with Crippen molar-refractivity contribution in [2.75, 3.05) is 17.7 Å². The third kappa shape index (κ3) is 7.23. The predicted molar refractivity (Wildman–Crippen MR) is 140 cm³/mol. The number of carbonyl (C=O) groups is 2. The quantitative estimate of drug-likeness (QED) is 0.169. The number of rotatable bonds is 12. The molecule has 0 unspecified atom stereocenters. The molecule has 0 aliphatic rings. The largest absolute Gasteiger partial charge is 0.484 e. The van der Waals surface area contributed by atoms with Gasteiger partial charge in [0.1, 0.15) is 17.4 Å². The van der Waals surface area contributed by atoms with Crippen LogP contribution < -0.4 is 10.1 Å². The lowest BCUT2D eigenvalue weighted by atomic mass is 10.2. The highest BCUT2D eigenvalue weighted by Gasteiger charge is 2.20. The van der Waals surface area contributed by atoms with Crippen molar-refractivity contribution in [1.29, 1.82) is 0 Å². The van der Waals surface area contributed by atoms with Gasteiger partial charge in [-0.15, -0.1) is 28.1 Å². The predicted octanol–water partition coefficient (Wildman–Crippen LogP) is 5.88. The fourth-order valence-electron chi connectivity index (χ4n) is 2.94. The number of amides is 1. The lowest BCUT2D eigenvalue weighted by Gasteiger charge is -2.10. The minimum Gasteiger partial charge on any atom is -0.484 e. The van der Waals surface area contributed by atoms with Crippen LogP contribution in [0, 0.1) is 0 Å². The molecular formula is C23H24Cl2N4O4S2. The number of allylic oxidation sites excluding steroid dienone is 1. The molecule has 2 aromatic heterocycles. The number of thiophene rings is 1. The number of thioether (sulfide) groups is 1. The van der Waals surface area contributed by atoms with E-state index in [1.807, 2.05) is 6.92 Å². The van der Waals surface area contributed by atoms with Crippen LogP contribution in [0.3, 0.4) is 0 Å². The lowest BCUT2D eigenvalue weighted by Crippen LogP contribution is -2.16. The first-order valence-electron chi connectivity index (χ1n) is 10.7. The molecule has 0 spiro atoms. The maximum Gasteiger partial charge on any atom is 0.341 e. The summed E-state index contributed by atoms with van der Waals surface area (Å²) in [4.78, 5) is 25.9. The first kappa shape index (κ1) is 27.1. The van der Waals surface area contributed by atoms with Gasteiger partial charge in [0.05, 0.1) is 22.9 Å². The zero-order valence-corrected chi connectivity index (χ0v) is 22.3. The molecule has 0 bridgehead atoms. The molecule has 1 aromatic carbocycles. The Labute approximate surface area is 221 Å². The second kappa shape index (κ2) is 13.0. The van der Waals surface area contributed by atoms with Crippen molar-refractivity contribution < 1.29 is 19.1 Å². The van der Waals surface area contributed by atoms with Crippen molar-refractivity contribution in [2.24, 2.45) is 0 Å². The van der Waals surface area contributed by atoms with Gasteiger partial charge in [-0.25, -0.2) is 4.79 Å². The summed E-state index contributed by atoms with van der Waals surface area (Å²) in [6.07, 6.45) is 2.45. The maximum absolute atomic E-state index is 12.7. The molecule has 0 saturated heterocycles. The minimum atomic E-state index is -0.457. The van der Waals surface area contributed by atoms with E-state index < -0.39 is 5.97 Å². The summed E-state index contributed by atoms with van der Waals surface area (Å²) in [6, 6.07) is 6.70. The maximum atomic E-state index is 12.7. The Morgan fingerprint density at radius 3 is 2.77 bits per heavy atom. The van der Waals surface area contributed by atoms with Crippen LogP contribution in [0.5, 0.6) is 5.75 Å². The summed E-state index contributed by atoms with van der Waals surface area (Å²) < 4.78 is 12.7. The van der Waals surface area contributed by atoms with Crippen molar-refractivity contribution in [3.8, 4) is 5.75 Å². The zero-order chi connectivity index (χ0) is 25.4. The second-order valence-corrected chi connectivity index (χ2v) is 9.95. The van der Waals surface area contributed by atoms with E-state index in [9.17, 15) is 9.59 Å². The fourth-order valence-corrected chi connectivity index (χ4v) is 5.04. The number of aromatic nitrogens is 3. The standard InChI is InChI=1S/C23H24Cl2N4O4S2/c1-4-9-29-19(12-33-18-10-14(24)7-8-17(18)25)27-28-23(29)34-13-20(30)26-21-16(22(31)32-6-3)11-15(5-2)35-21/h4,7-8,10-11H,1,5-6,9,12-13H2,2-3H3,(H,26,30). The highest BCUT2D eigenvalue weighted by atomic mass is 35.5. The highest BCUT2D eigenvalue weighted by molar-refractivity contribution is 7.99. The zero-order valence-electron chi connectivity index (χ0n) is 19.2. The Balaban J connectivity index is 1.66. The van der Waals surface area contributed by atoms with E-state index in [0.717, 1.165) is 11.3 Å². The van der Waals surface area contributed by atoms with Crippen LogP contribution in [0.1, 0.15) is 34.9 Å². The van der Waals surface area contributed by atoms with E-state index in [-0.39, 0.29) is 24.9 Å². The third-order valence-electron chi connectivity index (χ3n) is 4.57. The molecule has 0 aliphatic heterocycles. The Hall–Kier alpha value is -2.53. The summed E-state index contributed by atoms with van der Waals surface area (Å²) in [5.41, 5.74) is 0.362. The average Bonchev–Trinajstić information content (AvgIpc) is 3.42. The number of benzene rings is 1. The molecule has 0 atom stereocenters. The van der Waals surface area contributed by atoms with Gasteiger partial charge in [0, 0.05) is 22.5 Å². The number of esters is 1. The van der Waals surface area contributed by atoms with Crippen LogP contribution in [0.2, 0.25) is 10.0 Å². The number of anilines is 1. The van der Waals surface area contributed by atoms with E-state index in [4.69, 9.17) is 32.7 Å². The molecule has 0 radical (unpaired) electrons. The van der Waals surface area contributed by atoms with Crippen molar-refractivity contribution in [2.45, 2.75) is 38.6 Å². The molecule has 8 nitrogen and oxygen atoms in total. The van der Waals surface area contributed by atoms with Crippen LogP contribution in [0.15, 0.2) is 42.1 Å². The Morgan fingerprint density at radius 2 is 2.06 bits per heavy atom. The first-order valence-corrected chi connectivity index (χ1v) is 13.2. The van der Waals surface area contributed by atoms with Gasteiger partial charge in [-0.2, -0.15) is 0 Å². The smallest absolute Gasteiger partial charge is 0.341 e. The summed E-state index contributed by atoms with van der Waals surface area (Å²) in [6.45, 7) is 8.29. The first-order chi connectivity index (χ1) is 16.9. The number of hydrogen-bond acceptors (Lipinski definition) is 8. The SMILES string of the molecule is C=CCn1c(COc2cc(Cl)ccc2Cl)nnc1SCC(=O)Nc1sc(CC)cc1C(=O)OCC. The number of hydrogen-bond donors (Lipinski definition) is 1. The molecule has 1 N–H and O–H groups in total. The fraction of sp³-hybridized carbons (Fsp3) is 0.304. The number of aryl methyl sites for hydroxylation is 1. The molecule has 0 aliphatic carbocycles. The van der Waals surface area contributed by atoms with Gasteiger partial charge < -0.3 is 14.8 Å². The van der Waals surface area contributed by atoms with Crippen LogP contribution in [0.4, 0.5) is 5.00 Å². The average molecular weight is 556 g/mol. The molecule has 3 aromatic rings. The molecule has 35 heavy (non-hydrogen) atoms. The lowest BCUT2D eigenvalue weighted by molar-refractivity contribution is -0.113. The molecule has 1 amide bonds. The third-order valence-corrected chi connectivity index (χ3v) is 7.28. The summed E-state index contributed by atoms with van der Waals surface area (Å²) in [5, 5.41) is 13.1. The van der Waals surface area contributed by atoms with E-state index in [1.165, 1.54) is 23.1 Å². The summed E-state index contributed by atoms with van der Waals surface area (Å²) in [5.74, 6) is 0.306. The molecule has 186 valence electrons. The van der Waals surface area contributed by atoms with E-state index in [0.29, 0.717) is 43.9 Å². The molecule has 0 saturated carbocycles. The molecule has 12 heteroatoms. The Morgan fingerprint density at radius 1 is 1.26 bits per heavy atom. The van der Waals surface area contributed by atoms with Gasteiger partial charge in [-0.05, 0) is 31.5 Å². The van der Waals surface area contributed by atoms with Crippen LogP contribution in [0.25, 0.3) is 0 Å². The van der Waals surface area contributed by atoms with Gasteiger partial charge in [-0.1, -0.05) is 48.0 Å². The van der Waals surface area contributed by atoms with Gasteiger partial charge in [0.25, 0.3) is 0 Å². The summed E-state index contributed by atoms with van der Waals surface area (Å²) >= 11 is 14.7. The normalized spacial score (nSPS) is 10.7. The van der Waals surface area contributed by atoms with Gasteiger partial charge in [-0.3, -0.25) is 9.36 Å². The van der Waals surface area contributed by atoms with Crippen molar-refractivity contribution in [3.05, 3.63) is 63.2 Å². The van der Waals surface area contributed by atoms with Crippen molar-refractivity contribution >= 4 is 63.2 Å². The minimum absolute atomic E-state index is 0.0673. The monoisotopic (exact) mass is 554 g/mol. The van der Waals surface area contributed by atoms with E-state index >= 15 is 0 Å². The van der Waals surface area contributed by atoms with Gasteiger partial charge >= 0.3 is 5.97 Å². The second-order valence-electron chi connectivity index (χ2n) is 7.03. The van der Waals surface area contributed by atoms with E-state index in [1.54, 1.807) is 41.8 Å². The number of ether oxygens (including phenoxy) is 2. The van der Waals surface area contributed by atoms with Gasteiger partial charge in [0.2, 0.25) is 5.91 Å². The topological polar surface area (TPSA) is 95.3 Å². The Bertz CT molecular complexity index is 1210. The Kier molecular flexibility index (Phi) is 10.0. The van der Waals surface area contributed by atoms with Crippen molar-refractivity contribution in [3.63, 3.8) is 0 Å². The van der Waals surface area contributed by atoms with Crippen LogP contribution in [-0.4, -0.2) is 39.0 Å². The van der Waals surface area contributed by atoms with Crippen molar-refractivity contribution in [1.82, 2.24) is 14.8 Å². The van der Waals surface area contributed by atoms with Crippen LogP contribution >= 0.6 is 46.3 Å². The highest BCUT2D eigenvalue weighted by Crippen LogP contribution is 2.30. The van der Waals surface area contributed by atoms with Crippen LogP contribution in [-0.2, 0) is 29.1 Å². The van der Waals surface area contributed by atoms with Gasteiger partial charge in [0.15, 0.2) is 11.0 Å². The molecule has 2 heterocycles. The number of nitrogens with one attached hydrogen (secondary N) is 1. The number of halogens is 2. The number of carbonyl (C=O) groups excluding carboxylic acids is 2. The summed E-state index contributed by atoms with van der Waals surface area (Å²) in [7, 11) is 0. The molecule has 0 fully saturated rings. The molecular weight excluding hydrogens is 531 g/mol. The number of nitrogens with zero attached hydrogens (tertiary/aromatic N) is 3. The van der Waals surface area contributed by atoms with E-state index in [2.05, 4.69) is 22.1 Å².